The molecule has 0 saturated carbocycles. The Morgan fingerprint density at radius 1 is 0.893 bits per heavy atom. The highest BCUT2D eigenvalue weighted by molar-refractivity contribution is 7.92. The van der Waals surface area contributed by atoms with Crippen LogP contribution in [0.1, 0.15) is 21.5 Å². The van der Waals surface area contributed by atoms with Crippen molar-refractivity contribution in [3.8, 4) is 0 Å². The monoisotopic (exact) mass is 395 g/mol. The molecular weight excluding hydrogens is 374 g/mol. The van der Waals surface area contributed by atoms with Gasteiger partial charge in [-0.3, -0.25) is 4.31 Å². The van der Waals surface area contributed by atoms with Crippen LogP contribution in [0.3, 0.4) is 0 Å². The minimum atomic E-state index is -3.91. The molecule has 0 atom stereocenters. The standard InChI is InChI=1S/C22H21NO4S/c1-17-12-14-19(15-13-17)28(25,26)23(16-18-8-4-3-5-9-18)21-11-7-6-10-20(21)22(24)27-2/h3-15H,16H2,1-2H3. The summed E-state index contributed by atoms with van der Waals surface area (Å²) in [6.07, 6.45) is 0. The van der Waals surface area contributed by atoms with Crippen molar-refractivity contribution in [2.24, 2.45) is 0 Å². The largest absolute Gasteiger partial charge is 0.465 e. The molecule has 0 saturated heterocycles. The predicted octanol–water partition coefficient (Wildman–Crippen LogP) is 4.18. The van der Waals surface area contributed by atoms with E-state index in [9.17, 15) is 13.2 Å². The van der Waals surface area contributed by atoms with Gasteiger partial charge in [0.25, 0.3) is 10.0 Å². The van der Waals surface area contributed by atoms with E-state index in [0.29, 0.717) is 0 Å². The number of hydrogen-bond acceptors (Lipinski definition) is 4. The zero-order valence-corrected chi connectivity index (χ0v) is 16.5. The molecule has 6 heteroatoms. The maximum atomic E-state index is 13.5. The Balaban J connectivity index is 2.16. The van der Waals surface area contributed by atoms with Crippen molar-refractivity contribution in [1.82, 2.24) is 0 Å². The van der Waals surface area contributed by atoms with Crippen LogP contribution >= 0.6 is 0 Å². The minimum absolute atomic E-state index is 0.0884. The van der Waals surface area contributed by atoms with Crippen molar-refractivity contribution in [2.45, 2.75) is 18.4 Å². The van der Waals surface area contributed by atoms with Crippen molar-refractivity contribution in [3.63, 3.8) is 0 Å². The van der Waals surface area contributed by atoms with Crippen molar-refractivity contribution < 1.29 is 17.9 Å². The molecule has 0 spiro atoms. The van der Waals surface area contributed by atoms with Gasteiger partial charge in [-0.2, -0.15) is 0 Å². The number of ether oxygens (including phenoxy) is 1. The number of para-hydroxylation sites is 1. The van der Waals surface area contributed by atoms with Crippen LogP contribution in [-0.2, 0) is 21.3 Å². The topological polar surface area (TPSA) is 63.7 Å². The summed E-state index contributed by atoms with van der Waals surface area (Å²) in [6, 6.07) is 22.4. The molecule has 3 aromatic carbocycles. The molecule has 3 aromatic rings. The summed E-state index contributed by atoms with van der Waals surface area (Å²) in [5, 5.41) is 0. The molecule has 0 radical (unpaired) electrons. The first-order chi connectivity index (χ1) is 13.4. The van der Waals surface area contributed by atoms with Gasteiger partial charge in [-0.05, 0) is 36.8 Å². The first-order valence-corrected chi connectivity index (χ1v) is 10.2. The van der Waals surface area contributed by atoms with Gasteiger partial charge in [-0.15, -0.1) is 0 Å². The van der Waals surface area contributed by atoms with Crippen LogP contribution in [0.15, 0.2) is 83.8 Å². The van der Waals surface area contributed by atoms with Crippen LogP contribution in [-0.4, -0.2) is 21.5 Å². The second-order valence-electron chi connectivity index (χ2n) is 6.32. The van der Waals surface area contributed by atoms with E-state index in [1.165, 1.54) is 11.4 Å². The summed E-state index contributed by atoms with van der Waals surface area (Å²) < 4.78 is 33.1. The Labute approximate surface area is 165 Å². The van der Waals surface area contributed by atoms with Gasteiger partial charge in [-0.25, -0.2) is 13.2 Å². The maximum absolute atomic E-state index is 13.5. The SMILES string of the molecule is COC(=O)c1ccccc1N(Cc1ccccc1)S(=O)(=O)c1ccc(C)cc1. The number of nitrogens with zero attached hydrogens (tertiary/aromatic N) is 1. The van der Waals surface area contributed by atoms with E-state index in [4.69, 9.17) is 4.74 Å². The smallest absolute Gasteiger partial charge is 0.340 e. The summed E-state index contributed by atoms with van der Waals surface area (Å²) in [4.78, 5) is 12.4. The van der Waals surface area contributed by atoms with E-state index in [2.05, 4.69) is 0 Å². The number of methoxy groups -OCH3 is 1. The highest BCUT2D eigenvalue weighted by Crippen LogP contribution is 2.29. The molecule has 0 aliphatic rings. The Bertz CT molecular complexity index is 1060. The van der Waals surface area contributed by atoms with Crippen molar-refractivity contribution >= 4 is 21.7 Å². The third kappa shape index (κ3) is 4.07. The number of sulfonamides is 1. The van der Waals surface area contributed by atoms with Gasteiger partial charge in [0.05, 0.1) is 29.8 Å². The number of rotatable bonds is 6. The third-order valence-electron chi connectivity index (χ3n) is 4.36. The van der Waals surface area contributed by atoms with Crippen LogP contribution in [0.4, 0.5) is 5.69 Å². The summed E-state index contributed by atoms with van der Waals surface area (Å²) in [6.45, 7) is 1.98. The first-order valence-electron chi connectivity index (χ1n) is 8.74. The number of aryl methyl sites for hydroxylation is 1. The predicted molar refractivity (Wildman–Crippen MR) is 109 cm³/mol. The van der Waals surface area contributed by atoms with E-state index >= 15 is 0 Å². The normalized spacial score (nSPS) is 11.1. The number of carbonyl (C=O) groups is 1. The van der Waals surface area contributed by atoms with Crippen LogP contribution in [0.25, 0.3) is 0 Å². The van der Waals surface area contributed by atoms with E-state index in [0.717, 1.165) is 11.1 Å². The molecule has 0 heterocycles. The fourth-order valence-corrected chi connectivity index (χ4v) is 4.33. The summed E-state index contributed by atoms with van der Waals surface area (Å²) in [5.41, 5.74) is 2.23. The molecule has 0 aliphatic heterocycles. The zero-order chi connectivity index (χ0) is 20.1. The lowest BCUT2D eigenvalue weighted by Crippen LogP contribution is -2.32. The highest BCUT2D eigenvalue weighted by atomic mass is 32.2. The van der Waals surface area contributed by atoms with Gasteiger partial charge in [-0.1, -0.05) is 60.2 Å². The van der Waals surface area contributed by atoms with Gasteiger partial charge < -0.3 is 4.74 Å². The molecule has 0 fully saturated rings. The van der Waals surface area contributed by atoms with E-state index in [1.807, 2.05) is 37.3 Å². The molecule has 0 bridgehead atoms. The van der Waals surface area contributed by atoms with Crippen LogP contribution in [0.5, 0.6) is 0 Å². The van der Waals surface area contributed by atoms with Gasteiger partial charge in [0.1, 0.15) is 0 Å². The lowest BCUT2D eigenvalue weighted by Gasteiger charge is -2.26. The average molecular weight is 395 g/mol. The fraction of sp³-hybridized carbons (Fsp3) is 0.136. The molecule has 0 unspecified atom stereocenters. The molecule has 28 heavy (non-hydrogen) atoms. The van der Waals surface area contributed by atoms with Gasteiger partial charge in [0.15, 0.2) is 0 Å². The molecule has 0 aromatic heterocycles. The lowest BCUT2D eigenvalue weighted by atomic mass is 10.1. The second-order valence-corrected chi connectivity index (χ2v) is 8.18. The van der Waals surface area contributed by atoms with E-state index in [1.54, 1.807) is 48.5 Å². The molecule has 144 valence electrons. The fourth-order valence-electron chi connectivity index (χ4n) is 2.86. The second kappa shape index (κ2) is 8.27. The van der Waals surface area contributed by atoms with Gasteiger partial charge >= 0.3 is 5.97 Å². The van der Waals surface area contributed by atoms with Crippen molar-refractivity contribution in [3.05, 3.63) is 95.6 Å². The van der Waals surface area contributed by atoms with Crippen LogP contribution < -0.4 is 4.31 Å². The van der Waals surface area contributed by atoms with Gasteiger partial charge in [0, 0.05) is 0 Å². The first kappa shape index (κ1) is 19.6. The van der Waals surface area contributed by atoms with Crippen molar-refractivity contribution in [2.75, 3.05) is 11.4 Å². The molecule has 5 nitrogen and oxygen atoms in total. The zero-order valence-electron chi connectivity index (χ0n) is 15.7. The van der Waals surface area contributed by atoms with Crippen molar-refractivity contribution in [1.29, 1.82) is 0 Å². The van der Waals surface area contributed by atoms with Crippen LogP contribution in [0, 0.1) is 6.92 Å². The number of anilines is 1. The lowest BCUT2D eigenvalue weighted by molar-refractivity contribution is 0.0601. The van der Waals surface area contributed by atoms with Gasteiger partial charge in [0.2, 0.25) is 0 Å². The number of carbonyl (C=O) groups excluding carboxylic acids is 1. The minimum Gasteiger partial charge on any atom is -0.465 e. The molecule has 0 N–H and O–H groups in total. The molecule has 0 aliphatic carbocycles. The quantitative estimate of drug-likeness (QED) is 0.588. The average Bonchev–Trinajstić information content (AvgIpc) is 2.72. The third-order valence-corrected chi connectivity index (χ3v) is 6.13. The Morgan fingerprint density at radius 3 is 2.14 bits per heavy atom. The number of hydrogen-bond donors (Lipinski definition) is 0. The maximum Gasteiger partial charge on any atom is 0.340 e. The Kier molecular flexibility index (Phi) is 5.80. The molecular formula is C22H21NO4S. The number of benzene rings is 3. The number of esters is 1. The summed E-state index contributed by atoms with van der Waals surface area (Å²) in [5.74, 6) is -0.590. The molecule has 3 rings (SSSR count). The summed E-state index contributed by atoms with van der Waals surface area (Å²) >= 11 is 0. The van der Waals surface area contributed by atoms with E-state index < -0.39 is 16.0 Å². The van der Waals surface area contributed by atoms with E-state index in [-0.39, 0.29) is 22.7 Å². The molecule has 0 amide bonds. The Hall–Kier alpha value is -3.12. The highest BCUT2D eigenvalue weighted by Gasteiger charge is 2.28. The van der Waals surface area contributed by atoms with Crippen LogP contribution in [0.2, 0.25) is 0 Å². The summed E-state index contributed by atoms with van der Waals surface area (Å²) in [7, 11) is -2.63. The Morgan fingerprint density at radius 2 is 1.50 bits per heavy atom.